The molecule has 1 saturated heterocycles. The van der Waals surface area contributed by atoms with Gasteiger partial charge in [-0.05, 0) is 18.6 Å². The topological polar surface area (TPSA) is 37.4 Å². The normalized spacial score (nSPS) is 18.2. The van der Waals surface area contributed by atoms with Crippen molar-refractivity contribution < 1.29 is 14.0 Å². The van der Waals surface area contributed by atoms with Crippen LogP contribution >= 0.6 is 0 Å². The van der Waals surface area contributed by atoms with Gasteiger partial charge in [0.05, 0.1) is 12.1 Å². The summed E-state index contributed by atoms with van der Waals surface area (Å²) in [6.07, 6.45) is 2.45. The van der Waals surface area contributed by atoms with Crippen LogP contribution < -0.4 is 4.90 Å². The summed E-state index contributed by atoms with van der Waals surface area (Å²) in [5, 5.41) is 0. The second kappa shape index (κ2) is 4.49. The van der Waals surface area contributed by atoms with Crippen LogP contribution in [0.1, 0.15) is 19.8 Å². The Bertz CT molecular complexity index is 508. The molecule has 88 valence electrons. The van der Waals surface area contributed by atoms with Gasteiger partial charge in [0, 0.05) is 5.57 Å². The van der Waals surface area contributed by atoms with E-state index < -0.39 is 11.7 Å². The van der Waals surface area contributed by atoms with Gasteiger partial charge in [0.15, 0.2) is 0 Å². The molecule has 1 aromatic rings. The van der Waals surface area contributed by atoms with Crippen LogP contribution in [0.3, 0.4) is 0 Å². The molecule has 1 aromatic carbocycles. The molecule has 1 heterocycles. The first-order valence-corrected chi connectivity index (χ1v) is 5.46. The van der Waals surface area contributed by atoms with E-state index in [0.717, 1.165) is 4.90 Å². The lowest BCUT2D eigenvalue weighted by Gasteiger charge is -2.13. The minimum absolute atomic E-state index is 0.0296. The number of hydrogen-bond donors (Lipinski definition) is 0. The van der Waals surface area contributed by atoms with Crippen molar-refractivity contribution >= 4 is 17.5 Å². The van der Waals surface area contributed by atoms with Gasteiger partial charge in [-0.3, -0.25) is 9.59 Å². The molecule has 0 aromatic heterocycles. The van der Waals surface area contributed by atoms with E-state index in [9.17, 15) is 14.0 Å². The number of carbonyl (C=O) groups is 2. The predicted molar refractivity (Wildman–Crippen MR) is 61.9 cm³/mol. The van der Waals surface area contributed by atoms with Crippen molar-refractivity contribution in [3.05, 3.63) is 41.7 Å². The maximum absolute atomic E-state index is 13.5. The Morgan fingerprint density at radius 1 is 1.35 bits per heavy atom. The number of rotatable bonds is 2. The first-order valence-electron chi connectivity index (χ1n) is 5.46. The Balaban J connectivity index is 2.41. The van der Waals surface area contributed by atoms with Crippen molar-refractivity contribution in [2.75, 3.05) is 4.90 Å². The third-order valence-electron chi connectivity index (χ3n) is 2.61. The minimum Gasteiger partial charge on any atom is -0.274 e. The molecule has 0 saturated carbocycles. The fourth-order valence-corrected chi connectivity index (χ4v) is 1.86. The fraction of sp³-hybridized carbons (Fsp3) is 0.231. The molecule has 1 aliphatic rings. The lowest BCUT2D eigenvalue weighted by atomic mass is 10.2. The van der Waals surface area contributed by atoms with Crippen LogP contribution in [0, 0.1) is 5.82 Å². The van der Waals surface area contributed by atoms with Gasteiger partial charge in [-0.1, -0.05) is 25.1 Å². The van der Waals surface area contributed by atoms with Gasteiger partial charge < -0.3 is 0 Å². The third kappa shape index (κ3) is 1.98. The van der Waals surface area contributed by atoms with E-state index in [1.807, 2.05) is 6.92 Å². The van der Waals surface area contributed by atoms with Crippen LogP contribution in [0.15, 0.2) is 35.9 Å². The highest BCUT2D eigenvalue weighted by Crippen LogP contribution is 2.28. The zero-order valence-electron chi connectivity index (χ0n) is 9.44. The number of amides is 2. The molecule has 1 fully saturated rings. The molecule has 4 heteroatoms. The average molecular weight is 233 g/mol. The Morgan fingerprint density at radius 3 is 2.71 bits per heavy atom. The molecule has 0 spiro atoms. The number of para-hydroxylation sites is 1. The number of benzene rings is 1. The highest BCUT2D eigenvalue weighted by Gasteiger charge is 2.35. The first kappa shape index (κ1) is 11.5. The molecule has 0 unspecified atom stereocenters. The van der Waals surface area contributed by atoms with E-state index >= 15 is 0 Å². The second-order valence-corrected chi connectivity index (χ2v) is 3.80. The standard InChI is InChI=1S/C13H12FNO2/c1-2-5-9-8-12(16)15(13(9)17)11-7-4-3-6-10(11)14/h3-7H,2,8H2,1H3. The molecular weight excluding hydrogens is 221 g/mol. The van der Waals surface area contributed by atoms with Gasteiger partial charge in [-0.2, -0.15) is 0 Å². The summed E-state index contributed by atoms with van der Waals surface area (Å²) in [6.45, 7) is 1.89. The summed E-state index contributed by atoms with van der Waals surface area (Å²) < 4.78 is 13.5. The van der Waals surface area contributed by atoms with Crippen molar-refractivity contribution in [3.8, 4) is 0 Å². The van der Waals surface area contributed by atoms with Crippen molar-refractivity contribution in [2.45, 2.75) is 19.8 Å². The van der Waals surface area contributed by atoms with Crippen molar-refractivity contribution in [3.63, 3.8) is 0 Å². The molecule has 1 aliphatic heterocycles. The molecule has 0 N–H and O–H groups in total. The van der Waals surface area contributed by atoms with Gasteiger partial charge in [-0.15, -0.1) is 0 Å². The van der Waals surface area contributed by atoms with Crippen LogP contribution in [0.2, 0.25) is 0 Å². The van der Waals surface area contributed by atoms with E-state index in [1.54, 1.807) is 12.1 Å². The smallest absolute Gasteiger partial charge is 0.261 e. The molecule has 3 nitrogen and oxygen atoms in total. The summed E-state index contributed by atoms with van der Waals surface area (Å²) in [4.78, 5) is 24.6. The van der Waals surface area contributed by atoms with Crippen LogP contribution in [0.4, 0.5) is 10.1 Å². The number of imide groups is 1. The molecule has 2 rings (SSSR count). The summed E-state index contributed by atoms with van der Waals surface area (Å²) in [5.74, 6) is -1.35. The molecule has 17 heavy (non-hydrogen) atoms. The van der Waals surface area contributed by atoms with Crippen LogP contribution in [-0.4, -0.2) is 11.8 Å². The number of halogens is 1. The fourth-order valence-electron chi connectivity index (χ4n) is 1.86. The minimum atomic E-state index is -0.563. The van der Waals surface area contributed by atoms with E-state index in [-0.39, 0.29) is 18.0 Å². The highest BCUT2D eigenvalue weighted by atomic mass is 19.1. The zero-order chi connectivity index (χ0) is 12.4. The largest absolute Gasteiger partial charge is 0.274 e. The summed E-state index contributed by atoms with van der Waals surface area (Å²) in [6, 6.07) is 5.78. The molecule has 0 bridgehead atoms. The summed E-state index contributed by atoms with van der Waals surface area (Å²) in [5.41, 5.74) is 0.475. The third-order valence-corrected chi connectivity index (χ3v) is 2.61. The van der Waals surface area contributed by atoms with Crippen LogP contribution in [0.5, 0.6) is 0 Å². The zero-order valence-corrected chi connectivity index (χ0v) is 9.44. The number of anilines is 1. The Hall–Kier alpha value is -1.97. The molecule has 2 amide bonds. The first-order chi connectivity index (χ1) is 8.15. The quantitative estimate of drug-likeness (QED) is 0.581. The predicted octanol–water partition coefficient (Wildman–Crippen LogP) is 2.43. The highest BCUT2D eigenvalue weighted by molar-refractivity contribution is 6.28. The molecular formula is C13H12FNO2. The monoisotopic (exact) mass is 233 g/mol. The van der Waals surface area contributed by atoms with E-state index in [2.05, 4.69) is 0 Å². The van der Waals surface area contributed by atoms with E-state index in [0.29, 0.717) is 12.0 Å². The van der Waals surface area contributed by atoms with Crippen molar-refractivity contribution in [1.29, 1.82) is 0 Å². The SMILES string of the molecule is CCC=C1CC(=O)N(c2ccccc2F)C1=O. The molecule has 0 atom stereocenters. The van der Waals surface area contributed by atoms with Gasteiger partial charge in [-0.25, -0.2) is 9.29 Å². The maximum atomic E-state index is 13.5. The number of hydrogen-bond acceptors (Lipinski definition) is 2. The molecule has 0 radical (unpaired) electrons. The van der Waals surface area contributed by atoms with Crippen molar-refractivity contribution in [2.24, 2.45) is 0 Å². The van der Waals surface area contributed by atoms with Crippen LogP contribution in [0.25, 0.3) is 0 Å². The lowest BCUT2D eigenvalue weighted by Crippen LogP contribution is -2.29. The number of nitrogens with zero attached hydrogens (tertiary/aromatic N) is 1. The van der Waals surface area contributed by atoms with Gasteiger partial charge in [0.1, 0.15) is 5.82 Å². The van der Waals surface area contributed by atoms with E-state index in [4.69, 9.17) is 0 Å². The lowest BCUT2D eigenvalue weighted by molar-refractivity contribution is -0.120. The molecule has 0 aliphatic carbocycles. The van der Waals surface area contributed by atoms with E-state index in [1.165, 1.54) is 18.2 Å². The number of carbonyl (C=O) groups excluding carboxylic acids is 2. The van der Waals surface area contributed by atoms with Gasteiger partial charge in [0.2, 0.25) is 5.91 Å². The average Bonchev–Trinajstić information content (AvgIpc) is 2.57. The summed E-state index contributed by atoms with van der Waals surface area (Å²) >= 11 is 0. The number of allylic oxidation sites excluding steroid dienone is 1. The Kier molecular flexibility index (Phi) is 3.04. The maximum Gasteiger partial charge on any atom is 0.261 e. The van der Waals surface area contributed by atoms with Gasteiger partial charge in [0.25, 0.3) is 5.91 Å². The Labute approximate surface area is 98.5 Å². The van der Waals surface area contributed by atoms with Gasteiger partial charge >= 0.3 is 0 Å². The Morgan fingerprint density at radius 2 is 2.06 bits per heavy atom. The van der Waals surface area contributed by atoms with Crippen LogP contribution in [-0.2, 0) is 9.59 Å². The van der Waals surface area contributed by atoms with Crippen molar-refractivity contribution in [1.82, 2.24) is 0 Å². The second-order valence-electron chi connectivity index (χ2n) is 3.80. The summed E-state index contributed by atoms with van der Waals surface area (Å²) in [7, 11) is 0.